The average Bonchev–Trinajstić information content (AvgIpc) is 2.27. The summed E-state index contributed by atoms with van der Waals surface area (Å²) in [6, 6.07) is 3.41. The minimum Gasteiger partial charge on any atom is -0.507 e. The van der Waals surface area contributed by atoms with Crippen LogP contribution in [0.2, 0.25) is 0 Å². The van der Waals surface area contributed by atoms with Crippen LogP contribution in [0, 0.1) is 5.82 Å². The Kier molecular flexibility index (Phi) is 3.26. The zero-order chi connectivity index (χ0) is 13.3. The topological polar surface area (TPSA) is 49.8 Å². The molecule has 1 amide bonds. The Hall–Kier alpha value is -1.62. The Balaban J connectivity index is 2.20. The number of phenols is 1. The van der Waals surface area contributed by atoms with Crippen molar-refractivity contribution >= 4 is 5.91 Å². The number of morpholine rings is 1. The smallest absolute Gasteiger partial charge is 0.257 e. The summed E-state index contributed by atoms with van der Waals surface area (Å²) in [7, 11) is 0. The highest BCUT2D eigenvalue weighted by molar-refractivity contribution is 5.96. The van der Waals surface area contributed by atoms with E-state index in [1.54, 1.807) is 4.90 Å². The fraction of sp³-hybridized carbons (Fsp3) is 0.462. The summed E-state index contributed by atoms with van der Waals surface area (Å²) in [5.41, 5.74) is -0.280. The summed E-state index contributed by atoms with van der Waals surface area (Å²) in [5, 5.41) is 9.60. The van der Waals surface area contributed by atoms with Crippen LogP contribution in [0.5, 0.6) is 5.75 Å². The number of benzene rings is 1. The fourth-order valence-corrected chi connectivity index (χ4v) is 2.05. The van der Waals surface area contributed by atoms with Gasteiger partial charge >= 0.3 is 0 Å². The van der Waals surface area contributed by atoms with Crippen molar-refractivity contribution in [1.29, 1.82) is 0 Å². The van der Waals surface area contributed by atoms with E-state index in [4.69, 9.17) is 4.74 Å². The van der Waals surface area contributed by atoms with Crippen LogP contribution in [0.3, 0.4) is 0 Å². The minimum absolute atomic E-state index is 0.120. The fourth-order valence-electron chi connectivity index (χ4n) is 2.05. The average molecular weight is 253 g/mol. The standard InChI is InChI=1S/C13H16FNO3/c1-13(2)8-15(5-6-18-13)12(17)10-4-3-9(14)7-11(10)16/h3-4,7,16H,5-6,8H2,1-2H3. The maximum Gasteiger partial charge on any atom is 0.257 e. The lowest BCUT2D eigenvalue weighted by Gasteiger charge is -2.38. The van der Waals surface area contributed by atoms with E-state index in [9.17, 15) is 14.3 Å². The molecular formula is C13H16FNO3. The van der Waals surface area contributed by atoms with Gasteiger partial charge in [0.25, 0.3) is 5.91 Å². The molecule has 1 aliphatic heterocycles. The Morgan fingerprint density at radius 2 is 2.22 bits per heavy atom. The van der Waals surface area contributed by atoms with Crippen LogP contribution in [-0.2, 0) is 4.74 Å². The van der Waals surface area contributed by atoms with Gasteiger partial charge in [0.2, 0.25) is 0 Å². The number of halogens is 1. The second kappa shape index (κ2) is 4.57. The molecule has 1 aromatic rings. The summed E-state index contributed by atoms with van der Waals surface area (Å²) >= 11 is 0. The van der Waals surface area contributed by atoms with Gasteiger partial charge in [0, 0.05) is 19.2 Å². The monoisotopic (exact) mass is 253 g/mol. The van der Waals surface area contributed by atoms with E-state index in [1.165, 1.54) is 12.1 Å². The van der Waals surface area contributed by atoms with Gasteiger partial charge in [-0.1, -0.05) is 0 Å². The molecule has 1 heterocycles. The van der Waals surface area contributed by atoms with Crippen LogP contribution in [-0.4, -0.2) is 41.2 Å². The number of phenolic OH excluding ortho intramolecular Hbond substituents is 1. The second-order valence-corrected chi connectivity index (χ2v) is 5.00. The molecule has 1 aliphatic rings. The summed E-state index contributed by atoms with van der Waals surface area (Å²) in [6.45, 7) is 5.18. The quantitative estimate of drug-likeness (QED) is 0.830. The number of rotatable bonds is 1. The van der Waals surface area contributed by atoms with E-state index in [0.717, 1.165) is 6.07 Å². The third-order valence-corrected chi connectivity index (χ3v) is 2.90. The molecule has 0 saturated carbocycles. The molecule has 1 saturated heterocycles. The number of ether oxygens (including phenoxy) is 1. The first-order valence-electron chi connectivity index (χ1n) is 5.81. The molecule has 0 unspecified atom stereocenters. The van der Waals surface area contributed by atoms with E-state index in [1.807, 2.05) is 13.8 Å². The van der Waals surface area contributed by atoms with Crippen molar-refractivity contribution in [3.63, 3.8) is 0 Å². The van der Waals surface area contributed by atoms with Crippen molar-refractivity contribution in [3.8, 4) is 5.75 Å². The van der Waals surface area contributed by atoms with Gasteiger partial charge in [0.05, 0.1) is 17.8 Å². The number of hydrogen-bond donors (Lipinski definition) is 1. The molecule has 5 heteroatoms. The molecule has 2 rings (SSSR count). The van der Waals surface area contributed by atoms with Crippen molar-refractivity contribution in [2.24, 2.45) is 0 Å². The largest absolute Gasteiger partial charge is 0.507 e. The molecule has 1 aromatic carbocycles. The van der Waals surface area contributed by atoms with Crippen molar-refractivity contribution in [3.05, 3.63) is 29.6 Å². The summed E-state index contributed by atoms with van der Waals surface area (Å²) < 4.78 is 18.4. The Morgan fingerprint density at radius 1 is 1.50 bits per heavy atom. The molecule has 1 fully saturated rings. The van der Waals surface area contributed by atoms with Crippen LogP contribution in [0.4, 0.5) is 4.39 Å². The second-order valence-electron chi connectivity index (χ2n) is 5.00. The van der Waals surface area contributed by atoms with E-state index in [0.29, 0.717) is 19.7 Å². The van der Waals surface area contributed by atoms with Crippen LogP contribution in [0.1, 0.15) is 24.2 Å². The number of nitrogens with zero attached hydrogens (tertiary/aromatic N) is 1. The highest BCUT2D eigenvalue weighted by atomic mass is 19.1. The maximum absolute atomic E-state index is 12.9. The van der Waals surface area contributed by atoms with Gasteiger partial charge < -0.3 is 14.7 Å². The molecule has 0 bridgehead atoms. The highest BCUT2D eigenvalue weighted by Crippen LogP contribution is 2.23. The third-order valence-electron chi connectivity index (χ3n) is 2.90. The number of aromatic hydroxyl groups is 1. The molecular weight excluding hydrogens is 237 g/mol. The lowest BCUT2D eigenvalue weighted by Crippen LogP contribution is -2.50. The molecule has 0 aliphatic carbocycles. The summed E-state index contributed by atoms with van der Waals surface area (Å²) in [5.74, 6) is -1.19. The molecule has 1 N–H and O–H groups in total. The number of amides is 1. The van der Waals surface area contributed by atoms with Gasteiger partial charge in [-0.05, 0) is 26.0 Å². The molecule has 0 atom stereocenters. The molecule has 4 nitrogen and oxygen atoms in total. The molecule has 0 spiro atoms. The van der Waals surface area contributed by atoms with Crippen LogP contribution in [0.25, 0.3) is 0 Å². The van der Waals surface area contributed by atoms with Crippen molar-refractivity contribution in [1.82, 2.24) is 4.90 Å². The molecule has 0 radical (unpaired) electrons. The van der Waals surface area contributed by atoms with Gasteiger partial charge in [-0.15, -0.1) is 0 Å². The van der Waals surface area contributed by atoms with Gasteiger partial charge in [-0.2, -0.15) is 0 Å². The lowest BCUT2D eigenvalue weighted by atomic mass is 10.1. The Bertz CT molecular complexity index is 473. The molecule has 18 heavy (non-hydrogen) atoms. The first-order chi connectivity index (χ1) is 8.39. The van der Waals surface area contributed by atoms with E-state index < -0.39 is 11.4 Å². The summed E-state index contributed by atoms with van der Waals surface area (Å²) in [4.78, 5) is 13.8. The number of carbonyl (C=O) groups is 1. The normalized spacial score (nSPS) is 18.7. The van der Waals surface area contributed by atoms with Crippen molar-refractivity contribution in [2.45, 2.75) is 19.4 Å². The highest BCUT2D eigenvalue weighted by Gasteiger charge is 2.31. The van der Waals surface area contributed by atoms with Gasteiger partial charge in [-0.25, -0.2) is 4.39 Å². The van der Waals surface area contributed by atoms with Crippen molar-refractivity contribution < 1.29 is 19.0 Å². The summed E-state index contributed by atoms with van der Waals surface area (Å²) in [6.07, 6.45) is 0. The number of hydrogen-bond acceptors (Lipinski definition) is 3. The molecule has 98 valence electrons. The zero-order valence-electron chi connectivity index (χ0n) is 10.4. The van der Waals surface area contributed by atoms with E-state index in [2.05, 4.69) is 0 Å². The van der Waals surface area contributed by atoms with Gasteiger partial charge in [0.15, 0.2) is 0 Å². The maximum atomic E-state index is 12.9. The number of carbonyl (C=O) groups excluding carboxylic acids is 1. The third kappa shape index (κ3) is 2.61. The van der Waals surface area contributed by atoms with Crippen LogP contribution in [0.15, 0.2) is 18.2 Å². The Labute approximate surface area is 105 Å². The predicted octanol–water partition coefficient (Wildman–Crippen LogP) is 1.78. The first kappa shape index (κ1) is 12.8. The Morgan fingerprint density at radius 3 is 2.83 bits per heavy atom. The van der Waals surface area contributed by atoms with Gasteiger partial charge in [0.1, 0.15) is 11.6 Å². The first-order valence-corrected chi connectivity index (χ1v) is 5.81. The molecule has 0 aromatic heterocycles. The van der Waals surface area contributed by atoms with E-state index in [-0.39, 0.29) is 17.2 Å². The zero-order valence-corrected chi connectivity index (χ0v) is 10.4. The van der Waals surface area contributed by atoms with Crippen molar-refractivity contribution in [2.75, 3.05) is 19.7 Å². The van der Waals surface area contributed by atoms with E-state index >= 15 is 0 Å². The minimum atomic E-state index is -0.564. The van der Waals surface area contributed by atoms with Crippen LogP contribution < -0.4 is 0 Å². The lowest BCUT2D eigenvalue weighted by molar-refractivity contribution is -0.0764. The van der Waals surface area contributed by atoms with Gasteiger partial charge in [-0.3, -0.25) is 4.79 Å². The van der Waals surface area contributed by atoms with Crippen LogP contribution >= 0.6 is 0 Å². The SMILES string of the molecule is CC1(C)CN(C(=O)c2ccc(F)cc2O)CCO1. The predicted molar refractivity (Wildman–Crippen MR) is 64.0 cm³/mol.